The van der Waals surface area contributed by atoms with Crippen molar-refractivity contribution in [3.05, 3.63) is 90.2 Å². The summed E-state index contributed by atoms with van der Waals surface area (Å²) in [5.74, 6) is 0.0511. The van der Waals surface area contributed by atoms with Crippen molar-refractivity contribution in [3.8, 4) is 11.5 Å². The number of ether oxygens (including phenoxy) is 2. The summed E-state index contributed by atoms with van der Waals surface area (Å²) in [5.41, 5.74) is 1.35. The van der Waals surface area contributed by atoms with Gasteiger partial charge in [-0.2, -0.15) is 0 Å². The number of benzene rings is 3. The third-order valence-corrected chi connectivity index (χ3v) is 4.30. The number of halogens is 1. The Morgan fingerprint density at radius 1 is 0.903 bits per heavy atom. The standard InChI is InChI=1S/C24H23FN2O4/c1-17(26-23(28)16-31-21-7-3-2-4-8-21)24(29)27-20-6-5-9-22(14-20)30-15-18-10-12-19(25)13-11-18/h2-14,17H,15-16H2,1H3,(H,26,28)(H,27,29). The zero-order valence-electron chi connectivity index (χ0n) is 17.0. The van der Waals surface area contributed by atoms with E-state index in [0.29, 0.717) is 17.2 Å². The molecule has 160 valence electrons. The molecule has 0 fully saturated rings. The predicted molar refractivity (Wildman–Crippen MR) is 115 cm³/mol. The molecule has 0 heterocycles. The van der Waals surface area contributed by atoms with Gasteiger partial charge in [-0.15, -0.1) is 0 Å². The maximum absolute atomic E-state index is 13.0. The fraction of sp³-hybridized carbons (Fsp3) is 0.167. The van der Waals surface area contributed by atoms with Gasteiger partial charge in [0.1, 0.15) is 30.0 Å². The minimum Gasteiger partial charge on any atom is -0.489 e. The number of carbonyl (C=O) groups is 2. The van der Waals surface area contributed by atoms with Crippen LogP contribution >= 0.6 is 0 Å². The molecule has 0 spiro atoms. The van der Waals surface area contributed by atoms with Crippen molar-refractivity contribution in [2.45, 2.75) is 19.6 Å². The number of amides is 2. The van der Waals surface area contributed by atoms with Gasteiger partial charge in [0.2, 0.25) is 5.91 Å². The van der Waals surface area contributed by atoms with Gasteiger partial charge < -0.3 is 20.1 Å². The van der Waals surface area contributed by atoms with Crippen LogP contribution in [0.15, 0.2) is 78.9 Å². The first-order valence-corrected chi connectivity index (χ1v) is 9.75. The van der Waals surface area contributed by atoms with Crippen LogP contribution < -0.4 is 20.1 Å². The van der Waals surface area contributed by atoms with Gasteiger partial charge in [0.15, 0.2) is 6.61 Å². The second-order valence-corrected chi connectivity index (χ2v) is 6.82. The maximum atomic E-state index is 13.0. The smallest absolute Gasteiger partial charge is 0.258 e. The summed E-state index contributed by atoms with van der Waals surface area (Å²) in [6.45, 7) is 1.67. The molecule has 0 aliphatic heterocycles. The fourth-order valence-corrected chi connectivity index (χ4v) is 2.68. The Labute approximate surface area is 180 Å². The van der Waals surface area contributed by atoms with E-state index < -0.39 is 11.9 Å². The van der Waals surface area contributed by atoms with E-state index in [1.165, 1.54) is 12.1 Å². The van der Waals surface area contributed by atoms with Crippen LogP contribution in [0.5, 0.6) is 11.5 Å². The maximum Gasteiger partial charge on any atom is 0.258 e. The number of hydrogen-bond donors (Lipinski definition) is 2. The van der Waals surface area contributed by atoms with Crippen LogP contribution in [0.1, 0.15) is 12.5 Å². The monoisotopic (exact) mass is 422 g/mol. The van der Waals surface area contributed by atoms with Crippen molar-refractivity contribution >= 4 is 17.5 Å². The lowest BCUT2D eigenvalue weighted by molar-refractivity contribution is -0.127. The van der Waals surface area contributed by atoms with E-state index in [1.807, 2.05) is 6.07 Å². The van der Waals surface area contributed by atoms with E-state index in [0.717, 1.165) is 5.56 Å². The van der Waals surface area contributed by atoms with Crippen molar-refractivity contribution in [1.82, 2.24) is 5.32 Å². The van der Waals surface area contributed by atoms with Crippen LogP contribution in [0.3, 0.4) is 0 Å². The van der Waals surface area contributed by atoms with Crippen LogP contribution in [-0.2, 0) is 16.2 Å². The Morgan fingerprint density at radius 3 is 2.35 bits per heavy atom. The first kappa shape index (κ1) is 21.8. The number of anilines is 1. The van der Waals surface area contributed by atoms with Crippen LogP contribution in [0.25, 0.3) is 0 Å². The SMILES string of the molecule is CC(NC(=O)COc1ccccc1)C(=O)Nc1cccc(OCc2ccc(F)cc2)c1. The van der Waals surface area contributed by atoms with Crippen molar-refractivity contribution < 1.29 is 23.5 Å². The summed E-state index contributed by atoms with van der Waals surface area (Å²) >= 11 is 0. The van der Waals surface area contributed by atoms with E-state index in [1.54, 1.807) is 67.6 Å². The molecule has 2 amide bonds. The van der Waals surface area contributed by atoms with E-state index in [4.69, 9.17) is 9.47 Å². The topological polar surface area (TPSA) is 76.7 Å². The zero-order chi connectivity index (χ0) is 22.1. The molecule has 2 N–H and O–H groups in total. The van der Waals surface area contributed by atoms with Crippen molar-refractivity contribution in [2.24, 2.45) is 0 Å². The van der Waals surface area contributed by atoms with E-state index in [-0.39, 0.29) is 24.9 Å². The molecule has 0 aliphatic carbocycles. The second kappa shape index (κ2) is 10.8. The largest absolute Gasteiger partial charge is 0.489 e. The van der Waals surface area contributed by atoms with Gasteiger partial charge in [0.25, 0.3) is 5.91 Å². The van der Waals surface area contributed by atoms with E-state index in [2.05, 4.69) is 10.6 Å². The molecule has 0 saturated heterocycles. The van der Waals surface area contributed by atoms with Gasteiger partial charge >= 0.3 is 0 Å². The molecule has 3 aromatic rings. The Morgan fingerprint density at radius 2 is 1.61 bits per heavy atom. The van der Waals surface area contributed by atoms with Gasteiger partial charge in [0.05, 0.1) is 0 Å². The molecule has 31 heavy (non-hydrogen) atoms. The summed E-state index contributed by atoms with van der Waals surface area (Å²) < 4.78 is 24.0. The quantitative estimate of drug-likeness (QED) is 0.548. The molecular formula is C24H23FN2O4. The first-order chi connectivity index (χ1) is 15.0. The molecule has 0 bridgehead atoms. The van der Waals surface area contributed by atoms with Gasteiger partial charge in [-0.1, -0.05) is 36.4 Å². The van der Waals surface area contributed by atoms with Crippen LogP contribution in [0, 0.1) is 5.82 Å². The highest BCUT2D eigenvalue weighted by atomic mass is 19.1. The summed E-state index contributed by atoms with van der Waals surface area (Å²) in [7, 11) is 0. The molecule has 1 unspecified atom stereocenters. The van der Waals surface area contributed by atoms with Crippen LogP contribution in [0.4, 0.5) is 10.1 Å². The average Bonchev–Trinajstić information content (AvgIpc) is 2.78. The molecule has 3 rings (SSSR count). The molecule has 0 radical (unpaired) electrons. The lowest BCUT2D eigenvalue weighted by atomic mass is 10.2. The highest BCUT2D eigenvalue weighted by molar-refractivity contribution is 5.97. The molecular weight excluding hydrogens is 399 g/mol. The third-order valence-electron chi connectivity index (χ3n) is 4.30. The lowest BCUT2D eigenvalue weighted by Gasteiger charge is -2.15. The Bertz CT molecular complexity index is 1010. The minimum atomic E-state index is -0.754. The molecule has 0 aromatic heterocycles. The molecule has 1 atom stereocenters. The minimum absolute atomic E-state index is 0.186. The Balaban J connectivity index is 1.47. The Kier molecular flexibility index (Phi) is 7.59. The molecule has 0 aliphatic rings. The molecule has 7 heteroatoms. The highest BCUT2D eigenvalue weighted by Crippen LogP contribution is 2.19. The zero-order valence-corrected chi connectivity index (χ0v) is 17.0. The Hall–Kier alpha value is -3.87. The summed E-state index contributed by atoms with van der Waals surface area (Å²) in [5, 5.41) is 5.34. The predicted octanol–water partition coefficient (Wildman–Crippen LogP) is 3.93. The first-order valence-electron chi connectivity index (χ1n) is 9.75. The van der Waals surface area contributed by atoms with E-state index in [9.17, 15) is 14.0 Å². The summed E-state index contributed by atoms with van der Waals surface area (Å²) in [6, 6.07) is 21.1. The molecule has 0 saturated carbocycles. The summed E-state index contributed by atoms with van der Waals surface area (Å²) in [6.07, 6.45) is 0. The van der Waals surface area contributed by atoms with Crippen LogP contribution in [-0.4, -0.2) is 24.5 Å². The van der Waals surface area contributed by atoms with Gasteiger partial charge in [-0.05, 0) is 48.9 Å². The molecule has 3 aromatic carbocycles. The molecule has 6 nitrogen and oxygen atoms in total. The third kappa shape index (κ3) is 7.15. The normalized spacial score (nSPS) is 11.3. The fourth-order valence-electron chi connectivity index (χ4n) is 2.68. The highest BCUT2D eigenvalue weighted by Gasteiger charge is 2.16. The number of para-hydroxylation sites is 1. The van der Waals surface area contributed by atoms with Crippen molar-refractivity contribution in [3.63, 3.8) is 0 Å². The number of rotatable bonds is 9. The number of carbonyl (C=O) groups excluding carboxylic acids is 2. The van der Waals surface area contributed by atoms with Gasteiger partial charge in [-0.3, -0.25) is 9.59 Å². The van der Waals surface area contributed by atoms with Gasteiger partial charge in [0, 0.05) is 11.8 Å². The van der Waals surface area contributed by atoms with Crippen LogP contribution in [0.2, 0.25) is 0 Å². The van der Waals surface area contributed by atoms with Crippen molar-refractivity contribution in [2.75, 3.05) is 11.9 Å². The van der Waals surface area contributed by atoms with Crippen molar-refractivity contribution in [1.29, 1.82) is 0 Å². The summed E-state index contributed by atoms with van der Waals surface area (Å²) in [4.78, 5) is 24.4. The van der Waals surface area contributed by atoms with Gasteiger partial charge in [-0.25, -0.2) is 4.39 Å². The van der Waals surface area contributed by atoms with E-state index >= 15 is 0 Å². The lowest BCUT2D eigenvalue weighted by Crippen LogP contribution is -2.43. The second-order valence-electron chi connectivity index (χ2n) is 6.82. The average molecular weight is 422 g/mol. The number of nitrogens with one attached hydrogen (secondary N) is 2. The number of hydrogen-bond acceptors (Lipinski definition) is 4.